The molecule has 0 amide bonds. The fourth-order valence-corrected chi connectivity index (χ4v) is 2.29. The quantitative estimate of drug-likeness (QED) is 0.490. The van der Waals surface area contributed by atoms with Crippen molar-refractivity contribution < 1.29 is 0 Å². The predicted molar refractivity (Wildman–Crippen MR) is 51.1 cm³/mol. The van der Waals surface area contributed by atoms with E-state index in [1.165, 1.54) is 25.7 Å². The smallest absolute Gasteiger partial charge is 0.0338 e. The minimum Gasteiger partial charge on any atom is -0.123 e. The molecule has 1 rings (SSSR count). The molecule has 0 bridgehead atoms. The highest BCUT2D eigenvalue weighted by Gasteiger charge is 2.29. The molecule has 11 heavy (non-hydrogen) atoms. The van der Waals surface area contributed by atoms with Gasteiger partial charge in [-0.15, -0.1) is 11.6 Å². The lowest BCUT2D eigenvalue weighted by Gasteiger charge is -2.35. The molecule has 0 radical (unpaired) electrons. The van der Waals surface area contributed by atoms with E-state index in [1.807, 2.05) is 0 Å². The molecule has 0 nitrogen and oxygen atoms in total. The summed E-state index contributed by atoms with van der Waals surface area (Å²) in [5.74, 6) is 0.846. The lowest BCUT2D eigenvalue weighted by atomic mass is 9.72. The Kier molecular flexibility index (Phi) is 2.85. The molecule has 0 N–H and O–H groups in total. The Morgan fingerprint density at radius 2 is 1.82 bits per heavy atom. The van der Waals surface area contributed by atoms with Crippen LogP contribution < -0.4 is 0 Å². The molecule has 0 aromatic heterocycles. The minimum absolute atomic E-state index is 0.452. The van der Waals surface area contributed by atoms with Crippen LogP contribution in [0.1, 0.15) is 46.5 Å². The lowest BCUT2D eigenvalue weighted by molar-refractivity contribution is 0.182. The molecule has 1 fully saturated rings. The highest BCUT2D eigenvalue weighted by molar-refractivity contribution is 6.20. The van der Waals surface area contributed by atoms with E-state index in [4.69, 9.17) is 11.6 Å². The largest absolute Gasteiger partial charge is 0.123 e. The Labute approximate surface area is 75.3 Å². The predicted octanol–water partition coefficient (Wildman–Crippen LogP) is 3.83. The number of hydrogen-bond acceptors (Lipinski definition) is 0. The minimum atomic E-state index is 0.452. The van der Waals surface area contributed by atoms with Gasteiger partial charge in [0.05, 0.1) is 0 Å². The van der Waals surface area contributed by atoms with Crippen molar-refractivity contribution in [2.24, 2.45) is 11.3 Å². The zero-order valence-corrected chi connectivity index (χ0v) is 8.62. The Morgan fingerprint density at radius 3 is 2.18 bits per heavy atom. The van der Waals surface area contributed by atoms with Gasteiger partial charge in [-0.3, -0.25) is 0 Å². The second-order valence-electron chi connectivity index (χ2n) is 4.83. The Balaban J connectivity index is 2.46. The van der Waals surface area contributed by atoms with Crippen LogP contribution in [0.3, 0.4) is 0 Å². The lowest BCUT2D eigenvalue weighted by Crippen LogP contribution is -2.27. The van der Waals surface area contributed by atoms with Gasteiger partial charge >= 0.3 is 0 Å². The zero-order chi connectivity index (χ0) is 8.48. The molecule has 2 atom stereocenters. The molecule has 0 unspecified atom stereocenters. The molecule has 0 saturated heterocycles. The summed E-state index contributed by atoms with van der Waals surface area (Å²) < 4.78 is 0. The molecule has 1 aliphatic carbocycles. The third-order valence-corrected chi connectivity index (χ3v) is 3.23. The van der Waals surface area contributed by atoms with Crippen LogP contribution in [-0.2, 0) is 0 Å². The fourth-order valence-electron chi connectivity index (χ4n) is 1.92. The fraction of sp³-hybridized carbons (Fsp3) is 1.00. The second-order valence-corrected chi connectivity index (χ2v) is 5.44. The van der Waals surface area contributed by atoms with E-state index < -0.39 is 0 Å². The van der Waals surface area contributed by atoms with Crippen LogP contribution in [0.25, 0.3) is 0 Å². The summed E-state index contributed by atoms with van der Waals surface area (Å²) in [4.78, 5) is 0. The van der Waals surface area contributed by atoms with Gasteiger partial charge in [0.15, 0.2) is 0 Å². The number of hydrogen-bond donors (Lipinski definition) is 0. The van der Waals surface area contributed by atoms with Crippen LogP contribution in [-0.4, -0.2) is 5.38 Å². The molecule has 0 aromatic rings. The van der Waals surface area contributed by atoms with Crippen LogP contribution in [0.15, 0.2) is 0 Å². The van der Waals surface area contributed by atoms with Gasteiger partial charge in [0.1, 0.15) is 0 Å². The van der Waals surface area contributed by atoms with Crippen molar-refractivity contribution in [3.8, 4) is 0 Å². The maximum Gasteiger partial charge on any atom is 0.0338 e. The third-order valence-electron chi connectivity index (χ3n) is 2.83. The molecule has 1 aliphatic rings. The summed E-state index contributed by atoms with van der Waals surface area (Å²) in [6.45, 7) is 6.98. The van der Waals surface area contributed by atoms with E-state index in [2.05, 4.69) is 20.8 Å². The first kappa shape index (κ1) is 9.38. The van der Waals surface area contributed by atoms with Gasteiger partial charge in [0, 0.05) is 5.38 Å². The van der Waals surface area contributed by atoms with Crippen LogP contribution in [0.2, 0.25) is 0 Å². The number of halogens is 1. The first-order chi connectivity index (χ1) is 5.00. The first-order valence-corrected chi connectivity index (χ1v) is 5.08. The highest BCUT2D eigenvalue weighted by Crippen LogP contribution is 2.39. The summed E-state index contributed by atoms with van der Waals surface area (Å²) in [6, 6.07) is 0. The van der Waals surface area contributed by atoms with Crippen LogP contribution in [0, 0.1) is 11.3 Å². The second kappa shape index (κ2) is 3.35. The molecule has 66 valence electrons. The van der Waals surface area contributed by atoms with E-state index in [9.17, 15) is 0 Å². The summed E-state index contributed by atoms with van der Waals surface area (Å²) in [6.07, 6.45) is 5.17. The topological polar surface area (TPSA) is 0 Å². The third kappa shape index (κ3) is 2.66. The maximum absolute atomic E-state index is 6.12. The van der Waals surface area contributed by atoms with Crippen molar-refractivity contribution in [1.29, 1.82) is 0 Å². The van der Waals surface area contributed by atoms with E-state index in [1.54, 1.807) is 0 Å². The molecule has 0 spiro atoms. The summed E-state index contributed by atoms with van der Waals surface area (Å²) in [5, 5.41) is 0.452. The van der Waals surface area contributed by atoms with Crippen LogP contribution in [0.5, 0.6) is 0 Å². The average Bonchev–Trinajstić information content (AvgIpc) is 1.86. The number of alkyl halides is 1. The summed E-state index contributed by atoms with van der Waals surface area (Å²) >= 11 is 6.12. The van der Waals surface area contributed by atoms with Crippen molar-refractivity contribution in [1.82, 2.24) is 0 Å². The summed E-state index contributed by atoms with van der Waals surface area (Å²) in [5.41, 5.74) is 0.466. The maximum atomic E-state index is 6.12. The van der Waals surface area contributed by atoms with Gasteiger partial charge in [-0.05, 0) is 30.6 Å². The van der Waals surface area contributed by atoms with Crippen molar-refractivity contribution in [2.45, 2.75) is 51.8 Å². The van der Waals surface area contributed by atoms with Crippen molar-refractivity contribution in [2.75, 3.05) is 0 Å². The molecule has 0 aliphatic heterocycles. The standard InChI is InChI=1S/C10H19Cl/c1-10(2,3)8-5-4-6-9(11)7-8/h8-9H,4-7H2,1-3H3/t8-,9+/m0/s1. The Morgan fingerprint density at radius 1 is 1.18 bits per heavy atom. The van der Waals surface area contributed by atoms with Gasteiger partial charge in [-0.2, -0.15) is 0 Å². The molecular formula is C10H19Cl. The summed E-state index contributed by atoms with van der Waals surface area (Å²) in [7, 11) is 0. The Hall–Kier alpha value is 0.290. The van der Waals surface area contributed by atoms with Gasteiger partial charge in [0.25, 0.3) is 0 Å². The normalized spacial score (nSPS) is 33.8. The van der Waals surface area contributed by atoms with Gasteiger partial charge in [-0.25, -0.2) is 0 Å². The van der Waals surface area contributed by atoms with E-state index >= 15 is 0 Å². The van der Waals surface area contributed by atoms with E-state index in [0.717, 1.165) is 5.92 Å². The van der Waals surface area contributed by atoms with Crippen LogP contribution in [0.4, 0.5) is 0 Å². The van der Waals surface area contributed by atoms with Gasteiger partial charge in [-0.1, -0.05) is 27.2 Å². The molecular weight excluding hydrogens is 156 g/mol. The molecule has 1 saturated carbocycles. The van der Waals surface area contributed by atoms with Gasteiger partial charge < -0.3 is 0 Å². The molecule has 0 aromatic carbocycles. The average molecular weight is 175 g/mol. The van der Waals surface area contributed by atoms with Crippen molar-refractivity contribution >= 4 is 11.6 Å². The van der Waals surface area contributed by atoms with E-state index in [0.29, 0.717) is 10.8 Å². The van der Waals surface area contributed by atoms with Crippen molar-refractivity contribution in [3.05, 3.63) is 0 Å². The molecule has 0 heterocycles. The number of rotatable bonds is 0. The zero-order valence-electron chi connectivity index (χ0n) is 7.86. The monoisotopic (exact) mass is 174 g/mol. The SMILES string of the molecule is CC(C)(C)[C@H]1CCC[C@@H](Cl)C1. The molecule has 1 heteroatoms. The van der Waals surface area contributed by atoms with Crippen LogP contribution >= 0.6 is 11.6 Å². The highest BCUT2D eigenvalue weighted by atomic mass is 35.5. The first-order valence-electron chi connectivity index (χ1n) is 4.64. The van der Waals surface area contributed by atoms with Crippen molar-refractivity contribution in [3.63, 3.8) is 0 Å². The van der Waals surface area contributed by atoms with E-state index in [-0.39, 0.29) is 0 Å². The van der Waals surface area contributed by atoms with Gasteiger partial charge in [0.2, 0.25) is 0 Å². The Bertz CT molecular complexity index is 123.